The van der Waals surface area contributed by atoms with E-state index in [2.05, 4.69) is 0 Å². The van der Waals surface area contributed by atoms with Crippen LogP contribution in [0.25, 0.3) is 0 Å². The zero-order chi connectivity index (χ0) is 18.7. The van der Waals surface area contributed by atoms with Gasteiger partial charge in [0.25, 0.3) is 0 Å². The molecule has 1 fully saturated rings. The van der Waals surface area contributed by atoms with E-state index in [1.54, 1.807) is 0 Å². The maximum absolute atomic E-state index is 13.3. The van der Waals surface area contributed by atoms with Crippen molar-refractivity contribution in [1.29, 1.82) is 0 Å². The zero-order valence-electron chi connectivity index (χ0n) is 14.1. The number of benzene rings is 1. The van der Waals surface area contributed by atoms with Gasteiger partial charge < -0.3 is 21.7 Å². The molecule has 3 atom stereocenters. The van der Waals surface area contributed by atoms with Crippen LogP contribution in [0.3, 0.4) is 0 Å². The minimum absolute atomic E-state index is 0.147. The van der Waals surface area contributed by atoms with Crippen LogP contribution in [0.4, 0.5) is 8.78 Å². The Bertz CT molecular complexity index is 573. The van der Waals surface area contributed by atoms with Gasteiger partial charge in [0.1, 0.15) is 0 Å². The summed E-state index contributed by atoms with van der Waals surface area (Å²) in [6.07, 6.45) is -2.29. The average Bonchev–Trinajstić information content (AvgIpc) is 2.56. The van der Waals surface area contributed by atoms with Gasteiger partial charge in [-0.05, 0) is 31.2 Å². The number of hydrogen-bond acceptors (Lipinski definition) is 4. The number of aliphatic hydroxyl groups is 2. The highest BCUT2D eigenvalue weighted by atomic mass is 19.3. The third-order valence-corrected chi connectivity index (χ3v) is 5.13. The fourth-order valence-corrected chi connectivity index (χ4v) is 3.44. The second kappa shape index (κ2) is 7.76. The molecule has 0 bridgehead atoms. The first-order valence-electron chi connectivity index (χ1n) is 8.50. The molecule has 5 nitrogen and oxygen atoms in total. The van der Waals surface area contributed by atoms with E-state index in [1.165, 1.54) is 0 Å². The molecule has 1 saturated carbocycles. The summed E-state index contributed by atoms with van der Waals surface area (Å²) < 4.78 is 26.7. The Morgan fingerprint density at radius 1 is 1.16 bits per heavy atom. The van der Waals surface area contributed by atoms with Gasteiger partial charge in [-0.3, -0.25) is 4.79 Å². The second-order valence-electron chi connectivity index (χ2n) is 7.07. The van der Waals surface area contributed by atoms with Crippen LogP contribution in [0.1, 0.15) is 37.7 Å². The Labute approximate surface area is 146 Å². The van der Waals surface area contributed by atoms with Crippen LogP contribution < -0.4 is 11.5 Å². The van der Waals surface area contributed by atoms with Gasteiger partial charge in [0.05, 0.1) is 17.6 Å². The average molecular weight is 356 g/mol. The van der Waals surface area contributed by atoms with Gasteiger partial charge in [0, 0.05) is 18.9 Å². The number of primary amides is 1. The number of halogens is 2. The summed E-state index contributed by atoms with van der Waals surface area (Å²) in [5.41, 5.74) is 10.7. The minimum Gasteiger partial charge on any atom is -0.391 e. The van der Waals surface area contributed by atoms with Gasteiger partial charge in [-0.25, -0.2) is 8.78 Å². The second-order valence-corrected chi connectivity index (χ2v) is 7.07. The molecule has 0 aromatic heterocycles. The Kier molecular flexibility index (Phi) is 6.13. The Morgan fingerprint density at radius 3 is 2.24 bits per heavy atom. The zero-order valence-corrected chi connectivity index (χ0v) is 14.1. The molecule has 1 aromatic rings. The van der Waals surface area contributed by atoms with Crippen molar-refractivity contribution in [2.75, 3.05) is 0 Å². The van der Waals surface area contributed by atoms with Crippen molar-refractivity contribution in [3.05, 3.63) is 35.9 Å². The lowest BCUT2D eigenvalue weighted by Crippen LogP contribution is -2.52. The van der Waals surface area contributed by atoms with E-state index < -0.39 is 48.3 Å². The van der Waals surface area contributed by atoms with Crippen LogP contribution in [0.5, 0.6) is 0 Å². The number of rotatable bonds is 7. The maximum Gasteiger partial charge on any atom is 0.248 e. The van der Waals surface area contributed by atoms with Crippen molar-refractivity contribution in [3.63, 3.8) is 0 Å². The first-order valence-corrected chi connectivity index (χ1v) is 8.50. The normalized spacial score (nSPS) is 22.8. The van der Waals surface area contributed by atoms with E-state index in [0.29, 0.717) is 6.42 Å². The molecule has 1 aliphatic carbocycles. The molecule has 0 heterocycles. The van der Waals surface area contributed by atoms with E-state index in [-0.39, 0.29) is 19.3 Å². The summed E-state index contributed by atoms with van der Waals surface area (Å²) in [6, 6.07) is 8.65. The van der Waals surface area contributed by atoms with Gasteiger partial charge in [-0.15, -0.1) is 0 Å². The Balaban J connectivity index is 2.02. The van der Waals surface area contributed by atoms with Crippen LogP contribution in [0, 0.1) is 5.92 Å². The molecule has 1 amide bonds. The molecule has 25 heavy (non-hydrogen) atoms. The molecule has 0 aliphatic heterocycles. The number of alkyl halides is 2. The summed E-state index contributed by atoms with van der Waals surface area (Å²) in [5.74, 6) is -4.75. The fraction of sp³-hybridized carbons (Fsp3) is 0.611. The quantitative estimate of drug-likeness (QED) is 0.591. The third kappa shape index (κ3) is 5.20. The van der Waals surface area contributed by atoms with Crippen molar-refractivity contribution in [3.8, 4) is 0 Å². The molecular formula is C18H26F2N2O3. The van der Waals surface area contributed by atoms with Crippen LogP contribution >= 0.6 is 0 Å². The summed E-state index contributed by atoms with van der Waals surface area (Å²) in [4.78, 5) is 11.8. The highest BCUT2D eigenvalue weighted by molar-refractivity contribution is 5.78. The molecule has 1 unspecified atom stereocenters. The number of nitrogens with two attached hydrogens (primary N) is 2. The van der Waals surface area contributed by atoms with Crippen LogP contribution in [0.2, 0.25) is 0 Å². The number of hydrogen-bond donors (Lipinski definition) is 4. The van der Waals surface area contributed by atoms with Gasteiger partial charge >= 0.3 is 0 Å². The number of carbonyl (C=O) groups excluding carboxylic acids is 1. The monoisotopic (exact) mass is 356 g/mol. The summed E-state index contributed by atoms with van der Waals surface area (Å²) in [7, 11) is 0. The topological polar surface area (TPSA) is 110 Å². The van der Waals surface area contributed by atoms with E-state index in [0.717, 1.165) is 5.56 Å². The predicted octanol–water partition coefficient (Wildman–Crippen LogP) is 1.35. The molecule has 0 spiro atoms. The molecule has 1 aromatic carbocycles. The Morgan fingerprint density at radius 2 is 1.72 bits per heavy atom. The minimum atomic E-state index is -2.84. The number of carbonyl (C=O) groups is 1. The van der Waals surface area contributed by atoms with Crippen molar-refractivity contribution >= 4 is 5.91 Å². The van der Waals surface area contributed by atoms with Gasteiger partial charge in [0.15, 0.2) is 0 Å². The van der Waals surface area contributed by atoms with Crippen molar-refractivity contribution in [1.82, 2.24) is 0 Å². The third-order valence-electron chi connectivity index (χ3n) is 5.13. The van der Waals surface area contributed by atoms with Gasteiger partial charge in [0.2, 0.25) is 11.8 Å². The summed E-state index contributed by atoms with van der Waals surface area (Å²) in [5, 5.41) is 21.0. The van der Waals surface area contributed by atoms with E-state index in [1.807, 2.05) is 30.3 Å². The summed E-state index contributed by atoms with van der Waals surface area (Å²) >= 11 is 0. The summed E-state index contributed by atoms with van der Waals surface area (Å²) in [6.45, 7) is 0. The highest BCUT2D eigenvalue weighted by Crippen LogP contribution is 2.43. The molecule has 0 saturated heterocycles. The maximum atomic E-state index is 13.3. The van der Waals surface area contributed by atoms with E-state index in [9.17, 15) is 23.8 Å². The van der Waals surface area contributed by atoms with Crippen LogP contribution in [-0.2, 0) is 11.2 Å². The molecular weight excluding hydrogens is 330 g/mol. The first-order chi connectivity index (χ1) is 11.6. The van der Waals surface area contributed by atoms with Crippen LogP contribution in [-0.4, -0.2) is 39.8 Å². The number of amides is 1. The molecule has 6 N–H and O–H groups in total. The molecule has 140 valence electrons. The molecule has 1 aliphatic rings. The van der Waals surface area contributed by atoms with Crippen molar-refractivity contribution < 1.29 is 23.8 Å². The van der Waals surface area contributed by atoms with E-state index in [4.69, 9.17) is 11.5 Å². The lowest BCUT2D eigenvalue weighted by atomic mass is 9.71. The standard InChI is InChI=1S/C18H26F2N2O3/c19-18(20)8-6-17(25,7-9-18)13(16(22)24)11-15(23)14(21)10-12-4-2-1-3-5-12/h1-5,13-15,23,25H,6-11,21H2,(H2,22,24)/t13-,14+,15?/m1/s1. The molecule has 2 rings (SSSR count). The molecule has 0 radical (unpaired) electrons. The Hall–Kier alpha value is -1.57. The largest absolute Gasteiger partial charge is 0.391 e. The van der Waals surface area contributed by atoms with Crippen LogP contribution in [0.15, 0.2) is 30.3 Å². The SMILES string of the molecule is NC(=O)[C@@H](CC(O)[C@@H](N)Cc1ccccc1)C1(O)CCC(F)(F)CC1. The lowest BCUT2D eigenvalue weighted by molar-refractivity contribution is -0.152. The molecule has 7 heteroatoms. The van der Waals surface area contributed by atoms with E-state index >= 15 is 0 Å². The lowest BCUT2D eigenvalue weighted by Gasteiger charge is -2.41. The van der Waals surface area contributed by atoms with Gasteiger partial charge in [-0.1, -0.05) is 30.3 Å². The van der Waals surface area contributed by atoms with Crippen molar-refractivity contribution in [2.45, 2.75) is 62.2 Å². The predicted molar refractivity (Wildman–Crippen MR) is 89.8 cm³/mol. The number of aliphatic hydroxyl groups excluding tert-OH is 1. The van der Waals surface area contributed by atoms with Gasteiger partial charge in [-0.2, -0.15) is 0 Å². The highest BCUT2D eigenvalue weighted by Gasteiger charge is 2.49. The fourth-order valence-electron chi connectivity index (χ4n) is 3.44. The first kappa shape index (κ1) is 19.8. The smallest absolute Gasteiger partial charge is 0.248 e. The van der Waals surface area contributed by atoms with Crippen molar-refractivity contribution in [2.24, 2.45) is 17.4 Å².